The van der Waals surface area contributed by atoms with E-state index in [9.17, 15) is 19.2 Å². The molecule has 3 aromatic carbocycles. The molecule has 0 unspecified atom stereocenters. The number of halogens is 1. The number of anilines is 2. The summed E-state index contributed by atoms with van der Waals surface area (Å²) in [4.78, 5) is 27.8. The van der Waals surface area contributed by atoms with Crippen LogP contribution in [0, 0.1) is 24.1 Å². The maximum atomic E-state index is 13.5. The monoisotopic (exact) mass is 457 g/mol. The Hall–Kier alpha value is -3.89. The zero-order chi connectivity index (χ0) is 23.4. The molecule has 0 aromatic heterocycles. The molecule has 1 aliphatic heterocycles. The lowest BCUT2D eigenvalue weighted by Crippen LogP contribution is -2.31. The fraction of sp³-hybridized carbons (Fsp3) is 0.115. The van der Waals surface area contributed by atoms with Crippen LogP contribution in [-0.4, -0.2) is 17.1 Å². The average Bonchev–Trinajstić information content (AvgIpc) is 3.12. The molecule has 164 valence electrons. The molecule has 4 rings (SSSR count). The zero-order valence-corrected chi connectivity index (χ0v) is 18.6. The van der Waals surface area contributed by atoms with E-state index in [0.29, 0.717) is 17.8 Å². The molecular formula is C26H20FN3O2S. The van der Waals surface area contributed by atoms with Gasteiger partial charge >= 0.3 is 0 Å². The van der Waals surface area contributed by atoms with Crippen LogP contribution in [0.15, 0.2) is 89.5 Å². The molecule has 0 bridgehead atoms. The van der Waals surface area contributed by atoms with E-state index < -0.39 is 17.0 Å². The molecule has 1 N–H and O–H groups in total. The van der Waals surface area contributed by atoms with Crippen molar-refractivity contribution in [2.45, 2.75) is 18.6 Å². The molecule has 1 aliphatic rings. The number of carbonyl (C=O) groups excluding carboxylic acids is 2. The number of hydrogen-bond acceptors (Lipinski definition) is 4. The van der Waals surface area contributed by atoms with Crippen LogP contribution in [0.1, 0.15) is 11.1 Å². The number of aryl methyl sites for hydroxylation is 1. The lowest BCUT2D eigenvalue weighted by atomic mass is 10.0. The van der Waals surface area contributed by atoms with E-state index in [4.69, 9.17) is 0 Å². The van der Waals surface area contributed by atoms with E-state index in [0.717, 1.165) is 11.1 Å². The Labute approximate surface area is 195 Å². The van der Waals surface area contributed by atoms with Crippen LogP contribution in [0.4, 0.5) is 15.8 Å². The van der Waals surface area contributed by atoms with Gasteiger partial charge in [0.05, 0.1) is 5.25 Å². The lowest BCUT2D eigenvalue weighted by Gasteiger charge is -2.18. The van der Waals surface area contributed by atoms with Crippen molar-refractivity contribution in [3.8, 4) is 6.07 Å². The molecule has 1 heterocycles. The van der Waals surface area contributed by atoms with Gasteiger partial charge in [-0.3, -0.25) is 14.5 Å². The van der Waals surface area contributed by atoms with Gasteiger partial charge in [-0.2, -0.15) is 5.26 Å². The number of nitriles is 1. The van der Waals surface area contributed by atoms with Crippen LogP contribution in [0.2, 0.25) is 0 Å². The maximum absolute atomic E-state index is 13.5. The summed E-state index contributed by atoms with van der Waals surface area (Å²) in [5, 5.41) is 12.3. The molecule has 0 aliphatic carbocycles. The van der Waals surface area contributed by atoms with Crippen molar-refractivity contribution in [1.29, 1.82) is 5.26 Å². The summed E-state index contributed by atoms with van der Waals surface area (Å²) in [6.07, 6.45) is 0.441. The molecule has 0 radical (unpaired) electrons. The summed E-state index contributed by atoms with van der Waals surface area (Å²) in [6.45, 7) is 1.97. The van der Waals surface area contributed by atoms with Crippen LogP contribution in [0.25, 0.3) is 0 Å². The van der Waals surface area contributed by atoms with Gasteiger partial charge in [0.2, 0.25) is 5.91 Å². The second-order valence-corrected chi connectivity index (χ2v) is 8.69. The van der Waals surface area contributed by atoms with E-state index >= 15 is 0 Å². The Balaban J connectivity index is 1.74. The van der Waals surface area contributed by atoms with Crippen LogP contribution < -0.4 is 10.2 Å². The lowest BCUT2D eigenvalue weighted by molar-refractivity contribution is -0.117. The van der Waals surface area contributed by atoms with Crippen molar-refractivity contribution in [2.24, 2.45) is 0 Å². The van der Waals surface area contributed by atoms with Crippen molar-refractivity contribution >= 4 is 35.0 Å². The minimum atomic E-state index is -0.609. The average molecular weight is 458 g/mol. The van der Waals surface area contributed by atoms with E-state index in [1.165, 1.54) is 40.9 Å². The summed E-state index contributed by atoms with van der Waals surface area (Å²) in [7, 11) is 0. The number of thioether (sulfide) groups is 1. The minimum absolute atomic E-state index is 0.172. The highest BCUT2D eigenvalue weighted by Crippen LogP contribution is 2.42. The number of benzene rings is 3. The smallest absolute Gasteiger partial charge is 0.269 e. The Morgan fingerprint density at radius 2 is 1.73 bits per heavy atom. The van der Waals surface area contributed by atoms with Crippen molar-refractivity contribution in [2.75, 3.05) is 10.2 Å². The van der Waals surface area contributed by atoms with Gasteiger partial charge in [-0.05, 0) is 60.9 Å². The summed E-state index contributed by atoms with van der Waals surface area (Å²) in [5.74, 6) is -1.31. The number of hydrogen-bond donors (Lipinski definition) is 1. The Kier molecular flexibility index (Phi) is 6.57. The van der Waals surface area contributed by atoms with Crippen LogP contribution in [-0.2, 0) is 16.0 Å². The summed E-state index contributed by atoms with van der Waals surface area (Å²) in [6, 6.07) is 23.9. The first-order valence-electron chi connectivity index (χ1n) is 10.3. The molecule has 33 heavy (non-hydrogen) atoms. The highest BCUT2D eigenvalue weighted by molar-refractivity contribution is 8.05. The summed E-state index contributed by atoms with van der Waals surface area (Å²) in [5.41, 5.74) is 2.83. The van der Waals surface area contributed by atoms with Crippen molar-refractivity contribution < 1.29 is 14.0 Å². The molecule has 0 spiro atoms. The normalized spacial score (nSPS) is 16.9. The summed E-state index contributed by atoms with van der Waals surface area (Å²) >= 11 is 1.18. The number of rotatable bonds is 5. The molecule has 5 nitrogen and oxygen atoms in total. The van der Waals surface area contributed by atoms with E-state index in [1.54, 1.807) is 24.3 Å². The van der Waals surface area contributed by atoms with Crippen LogP contribution in [0.3, 0.4) is 0 Å². The number of amides is 2. The van der Waals surface area contributed by atoms with Crippen molar-refractivity contribution in [3.63, 3.8) is 0 Å². The van der Waals surface area contributed by atoms with Gasteiger partial charge in [-0.15, -0.1) is 0 Å². The Bertz CT molecular complexity index is 1270. The van der Waals surface area contributed by atoms with E-state index in [-0.39, 0.29) is 16.5 Å². The number of carbonyl (C=O) groups is 2. The second-order valence-electron chi connectivity index (χ2n) is 7.50. The first kappa shape index (κ1) is 22.3. The third-order valence-electron chi connectivity index (χ3n) is 5.29. The standard InChI is InChI=1S/C26H20FN3O2S/c1-17-7-5-6-8-18(17)15-23-25(32)30(21-13-11-19(27)12-14-21)26(33-23)22(16-28)24(31)29-20-9-3-2-4-10-20/h2-14,23H,15H2,1H3,(H,29,31)/b26-22-/t23-/m1/s1. The van der Waals surface area contributed by atoms with Crippen molar-refractivity contribution in [1.82, 2.24) is 0 Å². The quantitative estimate of drug-likeness (QED) is 0.422. The number of nitrogens with zero attached hydrogens (tertiary/aromatic N) is 2. The first-order chi connectivity index (χ1) is 16.0. The fourth-order valence-electron chi connectivity index (χ4n) is 3.57. The molecule has 1 atom stereocenters. The molecular weight excluding hydrogens is 437 g/mol. The largest absolute Gasteiger partial charge is 0.321 e. The maximum Gasteiger partial charge on any atom is 0.269 e. The molecule has 7 heteroatoms. The predicted molar refractivity (Wildman–Crippen MR) is 128 cm³/mol. The van der Waals surface area contributed by atoms with Gasteiger partial charge in [0.1, 0.15) is 22.5 Å². The first-order valence-corrected chi connectivity index (χ1v) is 11.2. The highest BCUT2D eigenvalue weighted by Gasteiger charge is 2.41. The van der Waals surface area contributed by atoms with Crippen LogP contribution >= 0.6 is 11.8 Å². The van der Waals surface area contributed by atoms with Gasteiger partial charge in [0.15, 0.2) is 0 Å². The van der Waals surface area contributed by atoms with Gasteiger partial charge in [0, 0.05) is 11.4 Å². The predicted octanol–water partition coefficient (Wildman–Crippen LogP) is 5.20. The molecule has 1 fully saturated rings. The molecule has 1 saturated heterocycles. The third-order valence-corrected chi connectivity index (χ3v) is 6.55. The van der Waals surface area contributed by atoms with Gasteiger partial charge in [0.25, 0.3) is 5.91 Å². The molecule has 3 aromatic rings. The molecule has 2 amide bonds. The Morgan fingerprint density at radius 3 is 2.39 bits per heavy atom. The topological polar surface area (TPSA) is 73.2 Å². The third kappa shape index (κ3) is 4.81. The summed E-state index contributed by atoms with van der Waals surface area (Å²) < 4.78 is 13.5. The fourth-order valence-corrected chi connectivity index (χ4v) is 4.86. The SMILES string of the molecule is Cc1ccccc1C[C@H]1S/C(=C(/C#N)C(=O)Nc2ccccc2)N(c2ccc(F)cc2)C1=O. The van der Waals surface area contributed by atoms with E-state index in [1.807, 2.05) is 43.3 Å². The second kappa shape index (κ2) is 9.72. The number of para-hydroxylation sites is 1. The van der Waals surface area contributed by atoms with Gasteiger partial charge < -0.3 is 5.32 Å². The van der Waals surface area contributed by atoms with Crippen molar-refractivity contribution in [3.05, 3.63) is 106 Å². The molecule has 0 saturated carbocycles. The van der Waals surface area contributed by atoms with Crippen LogP contribution in [0.5, 0.6) is 0 Å². The highest BCUT2D eigenvalue weighted by atomic mass is 32.2. The minimum Gasteiger partial charge on any atom is -0.321 e. The number of nitrogens with one attached hydrogen (secondary N) is 1. The zero-order valence-electron chi connectivity index (χ0n) is 17.8. The van der Waals surface area contributed by atoms with E-state index in [2.05, 4.69) is 5.32 Å². The van der Waals surface area contributed by atoms with Gasteiger partial charge in [-0.1, -0.05) is 54.2 Å². The van der Waals surface area contributed by atoms with Gasteiger partial charge in [-0.25, -0.2) is 4.39 Å². The Morgan fingerprint density at radius 1 is 1.06 bits per heavy atom.